The Hall–Kier alpha value is -1.25. The standard InChI is InChI=1S/C11H16N2O/c1-8-7-13-11(6-10(8)12)14-5-4-9-2-3-9/h6-7,9H,2-5H2,1H3,(H2,12,13). The fourth-order valence-electron chi connectivity index (χ4n) is 1.33. The second-order valence-corrected chi connectivity index (χ2v) is 3.96. The van der Waals surface area contributed by atoms with Gasteiger partial charge in [-0.05, 0) is 24.8 Å². The molecule has 0 aromatic carbocycles. The summed E-state index contributed by atoms with van der Waals surface area (Å²) in [5, 5.41) is 0. The Morgan fingerprint density at radius 3 is 3.00 bits per heavy atom. The van der Waals surface area contributed by atoms with Crippen molar-refractivity contribution in [1.82, 2.24) is 4.98 Å². The minimum absolute atomic E-state index is 0.647. The first kappa shape index (κ1) is 9.31. The lowest BCUT2D eigenvalue weighted by molar-refractivity contribution is 0.291. The number of nitrogens with zero attached hydrogens (tertiary/aromatic N) is 1. The zero-order valence-corrected chi connectivity index (χ0v) is 8.49. The Balaban J connectivity index is 1.85. The van der Waals surface area contributed by atoms with Crippen molar-refractivity contribution in [3.05, 3.63) is 17.8 Å². The molecule has 0 unspecified atom stereocenters. The molecule has 0 aliphatic heterocycles. The first-order valence-corrected chi connectivity index (χ1v) is 5.10. The van der Waals surface area contributed by atoms with Gasteiger partial charge >= 0.3 is 0 Å². The minimum Gasteiger partial charge on any atom is -0.478 e. The van der Waals surface area contributed by atoms with Crippen molar-refractivity contribution < 1.29 is 4.74 Å². The number of anilines is 1. The van der Waals surface area contributed by atoms with E-state index in [9.17, 15) is 0 Å². The van der Waals surface area contributed by atoms with Crippen molar-refractivity contribution in [1.29, 1.82) is 0 Å². The van der Waals surface area contributed by atoms with Crippen LogP contribution in [-0.2, 0) is 0 Å². The van der Waals surface area contributed by atoms with Gasteiger partial charge in [0.2, 0.25) is 5.88 Å². The third-order valence-corrected chi connectivity index (χ3v) is 2.59. The molecule has 3 nitrogen and oxygen atoms in total. The molecule has 0 radical (unpaired) electrons. The van der Waals surface area contributed by atoms with E-state index >= 15 is 0 Å². The molecule has 1 aromatic rings. The maximum absolute atomic E-state index is 5.74. The molecule has 1 aliphatic carbocycles. The molecular formula is C11H16N2O. The van der Waals surface area contributed by atoms with Crippen molar-refractivity contribution in [2.75, 3.05) is 12.3 Å². The molecule has 0 saturated heterocycles. The molecule has 1 heterocycles. The highest BCUT2D eigenvalue weighted by Gasteiger charge is 2.20. The van der Waals surface area contributed by atoms with Crippen LogP contribution in [0.5, 0.6) is 5.88 Å². The summed E-state index contributed by atoms with van der Waals surface area (Å²) in [5.74, 6) is 1.55. The topological polar surface area (TPSA) is 48.1 Å². The fourth-order valence-corrected chi connectivity index (χ4v) is 1.33. The maximum Gasteiger partial charge on any atom is 0.215 e. The summed E-state index contributed by atoms with van der Waals surface area (Å²) in [6.45, 7) is 2.70. The van der Waals surface area contributed by atoms with Crippen LogP contribution in [-0.4, -0.2) is 11.6 Å². The quantitative estimate of drug-likeness (QED) is 0.795. The Morgan fingerprint density at radius 2 is 2.36 bits per heavy atom. The van der Waals surface area contributed by atoms with Gasteiger partial charge in [-0.1, -0.05) is 12.8 Å². The normalized spacial score (nSPS) is 15.5. The third-order valence-electron chi connectivity index (χ3n) is 2.59. The SMILES string of the molecule is Cc1cnc(OCCC2CC2)cc1N. The molecule has 0 atom stereocenters. The van der Waals surface area contributed by atoms with Gasteiger partial charge in [0, 0.05) is 18.0 Å². The van der Waals surface area contributed by atoms with Gasteiger partial charge in [-0.3, -0.25) is 0 Å². The van der Waals surface area contributed by atoms with Crippen molar-refractivity contribution in [2.45, 2.75) is 26.2 Å². The van der Waals surface area contributed by atoms with Crippen LogP contribution < -0.4 is 10.5 Å². The first-order chi connectivity index (χ1) is 6.75. The van der Waals surface area contributed by atoms with Gasteiger partial charge in [-0.25, -0.2) is 4.98 Å². The van der Waals surface area contributed by atoms with Crippen LogP contribution >= 0.6 is 0 Å². The molecule has 0 spiro atoms. The molecule has 3 heteroatoms. The Kier molecular flexibility index (Phi) is 2.57. The summed E-state index contributed by atoms with van der Waals surface area (Å²) in [7, 11) is 0. The zero-order chi connectivity index (χ0) is 9.97. The second-order valence-electron chi connectivity index (χ2n) is 3.96. The number of hydrogen-bond acceptors (Lipinski definition) is 3. The van der Waals surface area contributed by atoms with Crippen LogP contribution in [0.25, 0.3) is 0 Å². The monoisotopic (exact) mass is 192 g/mol. The largest absolute Gasteiger partial charge is 0.478 e. The van der Waals surface area contributed by atoms with Gasteiger partial charge in [0.15, 0.2) is 0 Å². The lowest BCUT2D eigenvalue weighted by Crippen LogP contribution is -2.01. The Bertz CT molecular complexity index is 321. The van der Waals surface area contributed by atoms with E-state index in [2.05, 4.69) is 4.98 Å². The van der Waals surface area contributed by atoms with Gasteiger partial charge in [-0.2, -0.15) is 0 Å². The van der Waals surface area contributed by atoms with Crippen molar-refractivity contribution in [2.24, 2.45) is 5.92 Å². The van der Waals surface area contributed by atoms with E-state index in [1.807, 2.05) is 6.92 Å². The van der Waals surface area contributed by atoms with E-state index < -0.39 is 0 Å². The molecule has 1 fully saturated rings. The van der Waals surface area contributed by atoms with Crippen molar-refractivity contribution in [3.8, 4) is 5.88 Å². The molecule has 14 heavy (non-hydrogen) atoms. The van der Waals surface area contributed by atoms with Gasteiger partial charge in [0.05, 0.1) is 6.61 Å². The predicted molar refractivity (Wildman–Crippen MR) is 56.2 cm³/mol. The van der Waals surface area contributed by atoms with Crippen molar-refractivity contribution >= 4 is 5.69 Å². The number of aryl methyl sites for hydroxylation is 1. The van der Waals surface area contributed by atoms with E-state index in [0.29, 0.717) is 5.88 Å². The van der Waals surface area contributed by atoms with Crippen LogP contribution in [0.4, 0.5) is 5.69 Å². The van der Waals surface area contributed by atoms with E-state index in [1.165, 1.54) is 12.8 Å². The number of ether oxygens (including phenoxy) is 1. The average Bonchev–Trinajstić information content (AvgIpc) is 2.95. The van der Waals surface area contributed by atoms with Gasteiger partial charge < -0.3 is 10.5 Å². The summed E-state index contributed by atoms with van der Waals surface area (Å²) in [4.78, 5) is 4.15. The lowest BCUT2D eigenvalue weighted by Gasteiger charge is -2.06. The average molecular weight is 192 g/mol. The van der Waals surface area contributed by atoms with E-state index in [4.69, 9.17) is 10.5 Å². The number of nitrogens with two attached hydrogens (primary N) is 1. The molecule has 1 saturated carbocycles. The number of pyridine rings is 1. The van der Waals surface area contributed by atoms with Crippen LogP contribution in [0.3, 0.4) is 0 Å². The molecule has 2 rings (SSSR count). The summed E-state index contributed by atoms with van der Waals surface area (Å²) in [5.41, 5.74) is 7.50. The first-order valence-electron chi connectivity index (χ1n) is 5.10. The van der Waals surface area contributed by atoms with Crippen LogP contribution in [0.1, 0.15) is 24.8 Å². The fraction of sp³-hybridized carbons (Fsp3) is 0.545. The molecule has 0 amide bonds. The molecule has 0 bridgehead atoms. The molecule has 76 valence electrons. The number of hydrogen-bond donors (Lipinski definition) is 1. The molecular weight excluding hydrogens is 176 g/mol. The van der Waals surface area contributed by atoms with Gasteiger partial charge in [0.1, 0.15) is 0 Å². The van der Waals surface area contributed by atoms with Gasteiger partial charge in [0.25, 0.3) is 0 Å². The molecule has 2 N–H and O–H groups in total. The summed E-state index contributed by atoms with van der Waals surface area (Å²) in [6, 6.07) is 1.79. The highest BCUT2D eigenvalue weighted by molar-refractivity contribution is 5.47. The number of nitrogen functional groups attached to an aromatic ring is 1. The highest BCUT2D eigenvalue weighted by Crippen LogP contribution is 2.32. The smallest absolute Gasteiger partial charge is 0.215 e. The summed E-state index contributed by atoms with van der Waals surface area (Å²) < 4.78 is 5.50. The van der Waals surface area contributed by atoms with E-state index in [1.54, 1.807) is 12.3 Å². The molecule has 1 aromatic heterocycles. The summed E-state index contributed by atoms with van der Waals surface area (Å²) in [6.07, 6.45) is 5.64. The van der Waals surface area contributed by atoms with Crippen LogP contribution in [0.2, 0.25) is 0 Å². The minimum atomic E-state index is 0.647. The maximum atomic E-state index is 5.74. The van der Waals surface area contributed by atoms with E-state index in [-0.39, 0.29) is 0 Å². The number of aromatic nitrogens is 1. The van der Waals surface area contributed by atoms with Crippen LogP contribution in [0.15, 0.2) is 12.3 Å². The van der Waals surface area contributed by atoms with E-state index in [0.717, 1.165) is 30.2 Å². The third kappa shape index (κ3) is 2.37. The second kappa shape index (κ2) is 3.86. The Labute approximate surface area is 84.3 Å². The van der Waals surface area contributed by atoms with Crippen LogP contribution in [0, 0.1) is 12.8 Å². The van der Waals surface area contributed by atoms with Gasteiger partial charge in [-0.15, -0.1) is 0 Å². The zero-order valence-electron chi connectivity index (χ0n) is 8.49. The molecule has 1 aliphatic rings. The Morgan fingerprint density at radius 1 is 1.57 bits per heavy atom. The van der Waals surface area contributed by atoms with Crippen molar-refractivity contribution in [3.63, 3.8) is 0 Å². The predicted octanol–water partition coefficient (Wildman–Crippen LogP) is 2.15. The number of rotatable bonds is 4. The summed E-state index contributed by atoms with van der Waals surface area (Å²) >= 11 is 0. The lowest BCUT2D eigenvalue weighted by atomic mass is 10.3. The highest BCUT2D eigenvalue weighted by atomic mass is 16.5.